The lowest BCUT2D eigenvalue weighted by Gasteiger charge is -2.32. The van der Waals surface area contributed by atoms with Crippen LogP contribution in [0.2, 0.25) is 5.15 Å². The number of nitrogens with zero attached hydrogens (tertiary/aromatic N) is 1. The fourth-order valence-electron chi connectivity index (χ4n) is 2.38. The van der Waals surface area contributed by atoms with Crippen LogP contribution in [0.3, 0.4) is 0 Å². The Hall–Kier alpha value is -1.58. The van der Waals surface area contributed by atoms with Gasteiger partial charge in [0.1, 0.15) is 5.15 Å². The van der Waals surface area contributed by atoms with E-state index in [0.717, 1.165) is 6.07 Å². The second-order valence-corrected chi connectivity index (χ2v) is 7.68. The van der Waals surface area contributed by atoms with Crippen molar-refractivity contribution >= 4 is 30.7 Å². The minimum atomic E-state index is -4.63. The maximum absolute atomic E-state index is 13.1. The molecule has 0 unspecified atom stereocenters. The van der Waals surface area contributed by atoms with E-state index in [1.807, 2.05) is 27.7 Å². The maximum Gasteiger partial charge on any atom is 0.492 e. The van der Waals surface area contributed by atoms with Gasteiger partial charge < -0.3 is 14.6 Å². The van der Waals surface area contributed by atoms with Gasteiger partial charge in [0.05, 0.1) is 16.8 Å². The van der Waals surface area contributed by atoms with Gasteiger partial charge in [-0.1, -0.05) is 17.7 Å². The van der Waals surface area contributed by atoms with Gasteiger partial charge in [-0.05, 0) is 44.8 Å². The molecule has 1 N–H and O–H groups in total. The van der Waals surface area contributed by atoms with Crippen LogP contribution in [0.25, 0.3) is 6.08 Å². The van der Waals surface area contributed by atoms with E-state index in [0.29, 0.717) is 5.47 Å². The molecular weight excluding hydrogens is 383 g/mol. The molecule has 0 spiro atoms. The standard InChI is InChI=1S/C17H21BClF3N2O3/c1-10(25)23-9-12(18-26-15(2,3)16(4,5)27-18)6-11-7-13(17(20,21)22)14(19)24-8-11/h6-8H,9H2,1-5H3,(H,23,25). The smallest absolute Gasteiger partial charge is 0.400 e. The van der Waals surface area contributed by atoms with E-state index in [4.69, 9.17) is 20.9 Å². The molecule has 0 radical (unpaired) electrons. The number of hydrogen-bond acceptors (Lipinski definition) is 4. The molecule has 10 heteroatoms. The summed E-state index contributed by atoms with van der Waals surface area (Å²) in [6.45, 7) is 8.82. The number of aromatic nitrogens is 1. The van der Waals surface area contributed by atoms with Crippen molar-refractivity contribution in [1.82, 2.24) is 10.3 Å². The molecule has 0 bridgehead atoms. The van der Waals surface area contributed by atoms with Crippen molar-refractivity contribution in [3.63, 3.8) is 0 Å². The van der Waals surface area contributed by atoms with Crippen LogP contribution in [0.4, 0.5) is 13.2 Å². The molecule has 1 aliphatic heterocycles. The molecule has 2 rings (SSSR count). The number of rotatable bonds is 4. The van der Waals surface area contributed by atoms with Crippen molar-refractivity contribution in [2.24, 2.45) is 0 Å². The van der Waals surface area contributed by atoms with Gasteiger partial charge in [-0.25, -0.2) is 4.98 Å². The third-order valence-electron chi connectivity index (χ3n) is 4.62. The van der Waals surface area contributed by atoms with Crippen LogP contribution in [0.1, 0.15) is 45.7 Å². The highest BCUT2D eigenvalue weighted by Crippen LogP contribution is 2.39. The van der Waals surface area contributed by atoms with E-state index in [1.54, 1.807) is 0 Å². The molecule has 148 valence electrons. The lowest BCUT2D eigenvalue weighted by atomic mass is 9.77. The van der Waals surface area contributed by atoms with Gasteiger partial charge in [-0.2, -0.15) is 13.2 Å². The van der Waals surface area contributed by atoms with Gasteiger partial charge in [-0.3, -0.25) is 4.79 Å². The zero-order chi connectivity index (χ0) is 20.6. The predicted molar refractivity (Wildman–Crippen MR) is 97.0 cm³/mol. The molecule has 0 atom stereocenters. The minimum Gasteiger partial charge on any atom is -0.400 e. The number of amides is 1. The van der Waals surface area contributed by atoms with Gasteiger partial charge in [0.25, 0.3) is 0 Å². The molecule has 1 aliphatic rings. The molecule has 5 nitrogen and oxygen atoms in total. The number of nitrogens with one attached hydrogen (secondary N) is 1. The monoisotopic (exact) mass is 404 g/mol. The van der Waals surface area contributed by atoms with E-state index >= 15 is 0 Å². The van der Waals surface area contributed by atoms with Crippen molar-refractivity contribution in [3.8, 4) is 0 Å². The van der Waals surface area contributed by atoms with Crippen LogP contribution in [0, 0.1) is 0 Å². The number of halogens is 4. The normalized spacial score (nSPS) is 19.3. The summed E-state index contributed by atoms with van der Waals surface area (Å²) in [4.78, 5) is 14.9. The number of carbonyl (C=O) groups is 1. The van der Waals surface area contributed by atoms with Gasteiger partial charge in [0, 0.05) is 19.7 Å². The van der Waals surface area contributed by atoms with Crippen molar-refractivity contribution in [1.29, 1.82) is 0 Å². The number of hydrogen-bond donors (Lipinski definition) is 1. The van der Waals surface area contributed by atoms with E-state index < -0.39 is 35.2 Å². The topological polar surface area (TPSA) is 60.5 Å². The molecule has 1 aromatic heterocycles. The third kappa shape index (κ3) is 5.03. The first-order valence-corrected chi connectivity index (χ1v) is 8.64. The van der Waals surface area contributed by atoms with Gasteiger partial charge in [0.2, 0.25) is 5.91 Å². The highest BCUT2D eigenvalue weighted by atomic mass is 35.5. The molecule has 2 heterocycles. The average molecular weight is 405 g/mol. The molecule has 0 aromatic carbocycles. The van der Waals surface area contributed by atoms with Crippen LogP contribution in [-0.2, 0) is 20.3 Å². The maximum atomic E-state index is 13.1. The summed E-state index contributed by atoms with van der Waals surface area (Å²) in [7, 11) is -0.827. The average Bonchev–Trinajstić information content (AvgIpc) is 2.72. The Labute approximate surface area is 161 Å². The largest absolute Gasteiger partial charge is 0.492 e. The molecule has 0 aliphatic carbocycles. The molecule has 1 amide bonds. The number of pyridine rings is 1. The van der Waals surface area contributed by atoms with E-state index in [1.165, 1.54) is 19.2 Å². The van der Waals surface area contributed by atoms with Crippen LogP contribution < -0.4 is 5.32 Å². The summed E-state index contributed by atoms with van der Waals surface area (Å²) >= 11 is 5.56. The fourth-order valence-corrected chi connectivity index (χ4v) is 2.59. The van der Waals surface area contributed by atoms with Gasteiger partial charge >= 0.3 is 13.3 Å². The van der Waals surface area contributed by atoms with Crippen LogP contribution in [0.15, 0.2) is 17.7 Å². The molecule has 1 aromatic rings. The fraction of sp³-hybridized carbons (Fsp3) is 0.529. The molecular formula is C17H21BClF3N2O3. The Kier molecular flexibility index (Phi) is 5.99. The highest BCUT2D eigenvalue weighted by Gasteiger charge is 2.52. The Morgan fingerprint density at radius 1 is 1.30 bits per heavy atom. The Bertz CT molecular complexity index is 750. The summed E-state index contributed by atoms with van der Waals surface area (Å²) in [5.41, 5.74) is -1.68. The van der Waals surface area contributed by atoms with E-state index in [9.17, 15) is 18.0 Å². The van der Waals surface area contributed by atoms with E-state index in [2.05, 4.69) is 10.3 Å². The first-order chi connectivity index (χ1) is 12.2. The first-order valence-electron chi connectivity index (χ1n) is 8.26. The SMILES string of the molecule is CC(=O)NCC(=Cc1cnc(Cl)c(C(F)(F)F)c1)B1OC(C)(C)C(C)(C)O1. The predicted octanol–water partition coefficient (Wildman–Crippen LogP) is 3.90. The van der Waals surface area contributed by atoms with E-state index in [-0.39, 0.29) is 18.0 Å². The first kappa shape index (κ1) is 21.7. The quantitative estimate of drug-likeness (QED) is 0.611. The molecule has 1 fully saturated rings. The summed E-state index contributed by atoms with van der Waals surface area (Å²) in [5, 5.41) is 1.99. The van der Waals surface area contributed by atoms with Crippen LogP contribution in [0.5, 0.6) is 0 Å². The van der Waals surface area contributed by atoms with Crippen molar-refractivity contribution in [3.05, 3.63) is 34.0 Å². The Morgan fingerprint density at radius 2 is 1.85 bits per heavy atom. The highest BCUT2D eigenvalue weighted by molar-refractivity contribution is 6.56. The lowest BCUT2D eigenvalue weighted by molar-refractivity contribution is -0.137. The molecule has 27 heavy (non-hydrogen) atoms. The summed E-state index contributed by atoms with van der Waals surface area (Å²) in [5.74, 6) is -0.289. The second-order valence-electron chi connectivity index (χ2n) is 7.32. The zero-order valence-electron chi connectivity index (χ0n) is 15.7. The number of carbonyl (C=O) groups excluding carboxylic acids is 1. The molecule has 0 saturated carbocycles. The van der Waals surface area contributed by atoms with Gasteiger partial charge in [-0.15, -0.1) is 0 Å². The Morgan fingerprint density at radius 3 is 2.33 bits per heavy atom. The zero-order valence-corrected chi connectivity index (χ0v) is 16.5. The molecule has 1 saturated heterocycles. The lowest BCUT2D eigenvalue weighted by Crippen LogP contribution is -2.41. The summed E-state index contributed by atoms with van der Waals surface area (Å²) in [6.07, 6.45) is -1.96. The summed E-state index contributed by atoms with van der Waals surface area (Å²) < 4.78 is 51.1. The van der Waals surface area contributed by atoms with Gasteiger partial charge in [0.15, 0.2) is 0 Å². The minimum absolute atomic E-state index is 0.0517. The van der Waals surface area contributed by atoms with Crippen LogP contribution in [-0.4, -0.2) is 35.8 Å². The van der Waals surface area contributed by atoms with Crippen LogP contribution >= 0.6 is 11.6 Å². The van der Waals surface area contributed by atoms with Crippen molar-refractivity contribution in [2.45, 2.75) is 52.0 Å². The second kappa shape index (κ2) is 7.45. The Balaban J connectivity index is 2.42. The summed E-state index contributed by atoms with van der Waals surface area (Å²) in [6, 6.07) is 0.897. The van der Waals surface area contributed by atoms with Crippen molar-refractivity contribution < 1.29 is 27.3 Å². The third-order valence-corrected chi connectivity index (χ3v) is 4.92. The number of alkyl halides is 3. The van der Waals surface area contributed by atoms with Crippen molar-refractivity contribution in [2.75, 3.05) is 6.54 Å².